The average Bonchev–Trinajstić information content (AvgIpc) is 2.61. The Labute approximate surface area is 157 Å². The number of fused-ring (bicyclic) bond motifs is 4. The molecule has 142 valence electrons. The molecule has 0 spiro atoms. The van der Waals surface area contributed by atoms with Gasteiger partial charge in [-0.3, -0.25) is 9.59 Å². The summed E-state index contributed by atoms with van der Waals surface area (Å²) in [5.41, 5.74) is 5.10. The Kier molecular flexibility index (Phi) is 4.61. The molecule has 0 aromatic heterocycles. The maximum Gasteiger partial charge on any atom is 0.302 e. The van der Waals surface area contributed by atoms with Gasteiger partial charge in [-0.05, 0) is 87.5 Å². The van der Waals surface area contributed by atoms with Gasteiger partial charge in [-0.25, -0.2) is 0 Å². The molecule has 0 N–H and O–H groups in total. The van der Waals surface area contributed by atoms with E-state index in [0.29, 0.717) is 11.7 Å². The van der Waals surface area contributed by atoms with Crippen LogP contribution in [0.2, 0.25) is 0 Å². The minimum atomic E-state index is -0.160. The predicted octanol–water partition coefficient (Wildman–Crippen LogP) is 5.15. The highest BCUT2D eigenvalue weighted by molar-refractivity contribution is 5.91. The van der Waals surface area contributed by atoms with Crippen LogP contribution >= 0.6 is 0 Å². The first-order chi connectivity index (χ1) is 12.4. The van der Waals surface area contributed by atoms with Gasteiger partial charge in [-0.15, -0.1) is 0 Å². The van der Waals surface area contributed by atoms with E-state index in [1.807, 2.05) is 6.08 Å². The molecule has 1 saturated carbocycles. The van der Waals surface area contributed by atoms with Gasteiger partial charge in [0.2, 0.25) is 0 Å². The van der Waals surface area contributed by atoms with Crippen molar-refractivity contribution in [1.29, 1.82) is 0 Å². The van der Waals surface area contributed by atoms with Crippen LogP contribution in [0.3, 0.4) is 0 Å². The lowest BCUT2D eigenvalue weighted by Crippen LogP contribution is -2.44. The lowest BCUT2D eigenvalue weighted by molar-refractivity contribution is -0.148. The molecule has 3 heteroatoms. The minimum Gasteiger partial charge on any atom is -0.463 e. The van der Waals surface area contributed by atoms with E-state index < -0.39 is 0 Å². The summed E-state index contributed by atoms with van der Waals surface area (Å²) in [5.74, 6) is 2.10. The van der Waals surface area contributed by atoms with E-state index in [2.05, 4.69) is 13.8 Å². The molecule has 0 saturated heterocycles. The normalized spacial score (nSPS) is 37.9. The van der Waals surface area contributed by atoms with Crippen molar-refractivity contribution < 1.29 is 14.3 Å². The summed E-state index contributed by atoms with van der Waals surface area (Å²) in [6.07, 6.45) is 12.0. The van der Waals surface area contributed by atoms with Crippen molar-refractivity contribution in [3.8, 4) is 0 Å². The molecule has 3 nitrogen and oxygen atoms in total. The Bertz CT molecular complexity index is 686. The maximum absolute atomic E-state index is 11.9. The highest BCUT2D eigenvalue weighted by Crippen LogP contribution is 2.59. The topological polar surface area (TPSA) is 43.4 Å². The third-order valence-electron chi connectivity index (χ3n) is 7.96. The van der Waals surface area contributed by atoms with Gasteiger partial charge >= 0.3 is 5.97 Å². The number of esters is 1. The number of hydrogen-bond donors (Lipinski definition) is 0. The van der Waals surface area contributed by atoms with Gasteiger partial charge in [0.05, 0.1) is 0 Å². The van der Waals surface area contributed by atoms with Gasteiger partial charge in [0.1, 0.15) is 6.10 Å². The molecule has 0 unspecified atom stereocenters. The van der Waals surface area contributed by atoms with E-state index in [1.165, 1.54) is 38.2 Å². The van der Waals surface area contributed by atoms with Gasteiger partial charge in [0.25, 0.3) is 0 Å². The predicted molar refractivity (Wildman–Crippen MR) is 101 cm³/mol. The molecule has 0 amide bonds. The molecule has 0 radical (unpaired) electrons. The van der Waals surface area contributed by atoms with E-state index in [0.717, 1.165) is 43.9 Å². The fourth-order valence-corrected chi connectivity index (χ4v) is 6.52. The van der Waals surface area contributed by atoms with Gasteiger partial charge in [0, 0.05) is 13.3 Å². The molecule has 4 aliphatic carbocycles. The number of carbonyl (C=O) groups is 2. The van der Waals surface area contributed by atoms with Crippen LogP contribution in [0.5, 0.6) is 0 Å². The molecule has 5 atom stereocenters. The van der Waals surface area contributed by atoms with Crippen molar-refractivity contribution >= 4 is 11.8 Å². The van der Waals surface area contributed by atoms with E-state index in [-0.39, 0.29) is 17.5 Å². The van der Waals surface area contributed by atoms with Gasteiger partial charge in [-0.1, -0.05) is 23.6 Å². The Balaban J connectivity index is 1.55. The van der Waals surface area contributed by atoms with Crippen LogP contribution in [0.25, 0.3) is 0 Å². The first-order valence-corrected chi connectivity index (χ1v) is 10.5. The highest BCUT2D eigenvalue weighted by Gasteiger charge is 2.49. The molecule has 4 aliphatic rings. The molecular weight excluding hydrogens is 324 g/mol. The summed E-state index contributed by atoms with van der Waals surface area (Å²) >= 11 is 0. The zero-order valence-electron chi connectivity index (χ0n) is 16.5. The highest BCUT2D eigenvalue weighted by atomic mass is 16.5. The third kappa shape index (κ3) is 2.97. The van der Waals surface area contributed by atoms with E-state index in [9.17, 15) is 9.59 Å². The number of hydrogen-bond acceptors (Lipinski definition) is 3. The average molecular weight is 357 g/mol. The number of ether oxygens (including phenoxy) is 1. The summed E-state index contributed by atoms with van der Waals surface area (Å²) in [5, 5.41) is 0. The summed E-state index contributed by atoms with van der Waals surface area (Å²) in [6, 6.07) is 0. The molecular formula is C23H32O3. The Morgan fingerprint density at radius 1 is 1.19 bits per heavy atom. The molecule has 0 aromatic carbocycles. The Morgan fingerprint density at radius 2 is 2.00 bits per heavy atom. The molecule has 26 heavy (non-hydrogen) atoms. The first kappa shape index (κ1) is 18.0. The van der Waals surface area contributed by atoms with Crippen molar-refractivity contribution in [1.82, 2.24) is 0 Å². The smallest absolute Gasteiger partial charge is 0.302 e. The van der Waals surface area contributed by atoms with Crippen molar-refractivity contribution in [2.24, 2.45) is 23.2 Å². The molecule has 1 fully saturated rings. The fourth-order valence-electron chi connectivity index (χ4n) is 6.52. The van der Waals surface area contributed by atoms with Gasteiger partial charge in [0.15, 0.2) is 5.78 Å². The second kappa shape index (κ2) is 6.65. The first-order valence-electron chi connectivity index (χ1n) is 10.5. The zero-order valence-corrected chi connectivity index (χ0v) is 16.5. The SMILES string of the molecule is CC(=O)O[C@H](C)[C@H]1CCC2=C(CC[C@H]3[C@H]2CCC2=CC(=O)CC[C@@]23C)C1. The van der Waals surface area contributed by atoms with Crippen LogP contribution in [-0.2, 0) is 14.3 Å². The van der Waals surface area contributed by atoms with Crippen molar-refractivity contribution in [3.05, 3.63) is 22.8 Å². The molecule has 0 bridgehead atoms. The van der Waals surface area contributed by atoms with Crippen molar-refractivity contribution in [3.63, 3.8) is 0 Å². The van der Waals surface area contributed by atoms with Crippen molar-refractivity contribution in [2.75, 3.05) is 0 Å². The summed E-state index contributed by atoms with van der Waals surface area (Å²) in [7, 11) is 0. The standard InChI is InChI=1S/C23H32O3/c1-14(26-15(2)24)16-4-7-20-17(12-16)5-9-22-21(20)8-6-18-13-19(25)10-11-23(18,22)3/h13-14,16,21-22H,4-12H2,1-3H3/t14-,16+,21+,22+,23+/m1/s1. The maximum atomic E-state index is 11.9. The number of ketones is 1. The van der Waals surface area contributed by atoms with Crippen LogP contribution in [0, 0.1) is 23.2 Å². The Hall–Kier alpha value is -1.38. The monoisotopic (exact) mass is 356 g/mol. The van der Waals surface area contributed by atoms with Crippen molar-refractivity contribution in [2.45, 2.75) is 84.7 Å². The van der Waals surface area contributed by atoms with E-state index in [1.54, 1.807) is 11.1 Å². The van der Waals surface area contributed by atoms with Crippen LogP contribution < -0.4 is 0 Å². The van der Waals surface area contributed by atoms with Crippen LogP contribution in [-0.4, -0.2) is 17.9 Å². The second-order valence-electron chi connectivity index (χ2n) is 9.29. The van der Waals surface area contributed by atoms with Crippen LogP contribution in [0.1, 0.15) is 78.6 Å². The summed E-state index contributed by atoms with van der Waals surface area (Å²) in [4.78, 5) is 23.2. The lowest BCUT2D eigenvalue weighted by Gasteiger charge is -2.53. The molecule has 0 heterocycles. The largest absolute Gasteiger partial charge is 0.463 e. The number of carbonyl (C=O) groups excluding carboxylic acids is 2. The van der Waals surface area contributed by atoms with E-state index in [4.69, 9.17) is 4.74 Å². The quantitative estimate of drug-likeness (QED) is 0.507. The summed E-state index contributed by atoms with van der Waals surface area (Å²) < 4.78 is 5.47. The number of rotatable bonds is 2. The lowest BCUT2D eigenvalue weighted by atomic mass is 9.51. The number of allylic oxidation sites excluding steroid dienone is 4. The van der Waals surface area contributed by atoms with Crippen LogP contribution in [0.15, 0.2) is 22.8 Å². The van der Waals surface area contributed by atoms with Crippen LogP contribution in [0.4, 0.5) is 0 Å². The zero-order chi connectivity index (χ0) is 18.5. The van der Waals surface area contributed by atoms with Gasteiger partial charge < -0.3 is 4.74 Å². The van der Waals surface area contributed by atoms with Gasteiger partial charge in [-0.2, -0.15) is 0 Å². The Morgan fingerprint density at radius 3 is 2.77 bits per heavy atom. The van der Waals surface area contributed by atoms with E-state index >= 15 is 0 Å². The molecule has 4 rings (SSSR count). The second-order valence-corrected chi connectivity index (χ2v) is 9.29. The third-order valence-corrected chi connectivity index (χ3v) is 7.96. The fraction of sp³-hybridized carbons (Fsp3) is 0.739. The molecule has 0 aromatic rings. The summed E-state index contributed by atoms with van der Waals surface area (Å²) in [6.45, 7) is 6.00. The molecule has 0 aliphatic heterocycles. The minimum absolute atomic E-state index is 0.0297.